The van der Waals surface area contributed by atoms with Gasteiger partial charge in [0.15, 0.2) is 0 Å². The molecular formula is C12H14O3. The van der Waals surface area contributed by atoms with Crippen molar-refractivity contribution in [3.8, 4) is 5.75 Å². The number of aliphatic carboxylic acids is 1. The van der Waals surface area contributed by atoms with Crippen LogP contribution < -0.4 is 4.74 Å². The fourth-order valence-corrected chi connectivity index (χ4v) is 1.28. The number of hydrogen-bond acceptors (Lipinski definition) is 2. The van der Waals surface area contributed by atoms with Crippen LogP contribution in [0.15, 0.2) is 36.4 Å². The molecule has 1 aromatic rings. The Hall–Kier alpha value is -1.77. The first-order valence-corrected chi connectivity index (χ1v) is 4.62. The zero-order valence-corrected chi connectivity index (χ0v) is 8.86. The van der Waals surface area contributed by atoms with Crippen LogP contribution in [0.2, 0.25) is 0 Å². The summed E-state index contributed by atoms with van der Waals surface area (Å²) in [5.41, 5.74) is 1.11. The highest BCUT2D eigenvalue weighted by atomic mass is 16.5. The van der Waals surface area contributed by atoms with Gasteiger partial charge in [0.25, 0.3) is 0 Å². The molecule has 80 valence electrons. The fraction of sp³-hybridized carbons (Fsp3) is 0.250. The molecule has 0 fully saturated rings. The minimum atomic E-state index is -0.960. The van der Waals surface area contributed by atoms with Crippen molar-refractivity contribution in [3.63, 3.8) is 0 Å². The topological polar surface area (TPSA) is 46.5 Å². The lowest BCUT2D eigenvalue weighted by atomic mass is 9.94. The summed E-state index contributed by atoms with van der Waals surface area (Å²) < 4.78 is 5.02. The summed E-state index contributed by atoms with van der Waals surface area (Å²) in [5, 5.41) is 8.79. The molecule has 1 atom stereocenters. The zero-order valence-electron chi connectivity index (χ0n) is 8.86. The van der Waals surface area contributed by atoms with Crippen LogP contribution in [-0.4, -0.2) is 18.2 Å². The average molecular weight is 206 g/mol. The number of carbonyl (C=O) groups is 1. The van der Waals surface area contributed by atoms with Crippen molar-refractivity contribution in [1.82, 2.24) is 0 Å². The molecule has 0 heterocycles. The summed E-state index contributed by atoms with van der Waals surface area (Å²) in [4.78, 5) is 10.7. The van der Waals surface area contributed by atoms with Crippen molar-refractivity contribution in [2.45, 2.75) is 12.8 Å². The summed E-state index contributed by atoms with van der Waals surface area (Å²) in [5.74, 6) is -0.390. The summed E-state index contributed by atoms with van der Waals surface area (Å²) in [6, 6.07) is 7.30. The minimum absolute atomic E-state index is 0.187. The van der Waals surface area contributed by atoms with E-state index in [4.69, 9.17) is 9.84 Å². The van der Waals surface area contributed by atoms with E-state index in [1.165, 1.54) is 0 Å². The molecular weight excluding hydrogens is 192 g/mol. The molecule has 0 aliphatic heterocycles. The maximum atomic E-state index is 10.7. The number of ether oxygens (including phenoxy) is 1. The molecule has 15 heavy (non-hydrogen) atoms. The first-order chi connectivity index (χ1) is 7.06. The summed E-state index contributed by atoms with van der Waals surface area (Å²) >= 11 is 0. The number of rotatable bonds is 4. The second kappa shape index (κ2) is 4.64. The molecule has 1 N–H and O–H groups in total. The van der Waals surface area contributed by atoms with E-state index in [-0.39, 0.29) is 11.5 Å². The standard InChI is InChI=1S/C12H14O3/c1-8(9(2)12(13)14)10-4-6-11(15-3)7-5-10/h4-8H,2H2,1,3H3,(H,13,14). The van der Waals surface area contributed by atoms with Gasteiger partial charge in [0.2, 0.25) is 0 Å². The quantitative estimate of drug-likeness (QED) is 0.769. The lowest BCUT2D eigenvalue weighted by Gasteiger charge is -2.11. The van der Waals surface area contributed by atoms with Crippen LogP contribution in [0.1, 0.15) is 18.4 Å². The lowest BCUT2D eigenvalue weighted by Crippen LogP contribution is -2.07. The Labute approximate surface area is 89.0 Å². The smallest absolute Gasteiger partial charge is 0.331 e. The number of carboxylic acids is 1. The third kappa shape index (κ3) is 2.59. The van der Waals surface area contributed by atoms with E-state index in [0.717, 1.165) is 11.3 Å². The normalized spacial score (nSPS) is 11.9. The molecule has 1 aromatic carbocycles. The zero-order chi connectivity index (χ0) is 11.4. The van der Waals surface area contributed by atoms with Crippen LogP contribution >= 0.6 is 0 Å². The van der Waals surface area contributed by atoms with Gasteiger partial charge in [-0.05, 0) is 17.7 Å². The van der Waals surface area contributed by atoms with Crippen LogP contribution in [0, 0.1) is 0 Å². The molecule has 0 aromatic heterocycles. The van der Waals surface area contributed by atoms with E-state index in [9.17, 15) is 4.79 Å². The van der Waals surface area contributed by atoms with Gasteiger partial charge in [0.05, 0.1) is 7.11 Å². The van der Waals surface area contributed by atoms with E-state index in [1.54, 1.807) is 19.2 Å². The molecule has 1 rings (SSSR count). The van der Waals surface area contributed by atoms with E-state index in [1.807, 2.05) is 19.1 Å². The fourth-order valence-electron chi connectivity index (χ4n) is 1.28. The molecule has 0 bridgehead atoms. The lowest BCUT2D eigenvalue weighted by molar-refractivity contribution is -0.132. The Morgan fingerprint density at radius 3 is 2.33 bits per heavy atom. The van der Waals surface area contributed by atoms with Crippen LogP contribution in [0.3, 0.4) is 0 Å². The molecule has 0 aliphatic carbocycles. The predicted octanol–water partition coefficient (Wildman–Crippen LogP) is 2.44. The maximum Gasteiger partial charge on any atom is 0.331 e. The van der Waals surface area contributed by atoms with E-state index in [0.29, 0.717) is 0 Å². The molecule has 3 heteroatoms. The largest absolute Gasteiger partial charge is 0.497 e. The van der Waals surface area contributed by atoms with E-state index >= 15 is 0 Å². The van der Waals surface area contributed by atoms with Crippen LogP contribution in [0.4, 0.5) is 0 Å². The SMILES string of the molecule is C=C(C(=O)O)C(C)c1ccc(OC)cc1. The van der Waals surface area contributed by atoms with Crippen molar-refractivity contribution >= 4 is 5.97 Å². The van der Waals surface area contributed by atoms with Crippen LogP contribution in [-0.2, 0) is 4.79 Å². The Kier molecular flexibility index (Phi) is 3.50. The first-order valence-electron chi connectivity index (χ1n) is 4.62. The van der Waals surface area contributed by atoms with Gasteiger partial charge in [-0.1, -0.05) is 25.6 Å². The van der Waals surface area contributed by atoms with Gasteiger partial charge in [0.1, 0.15) is 5.75 Å². The Morgan fingerprint density at radius 1 is 1.40 bits per heavy atom. The molecule has 1 unspecified atom stereocenters. The molecule has 0 amide bonds. The Bertz CT molecular complexity index is 365. The molecule has 0 spiro atoms. The maximum absolute atomic E-state index is 10.7. The monoisotopic (exact) mass is 206 g/mol. The van der Waals surface area contributed by atoms with E-state index in [2.05, 4.69) is 6.58 Å². The minimum Gasteiger partial charge on any atom is -0.497 e. The average Bonchev–Trinajstić information content (AvgIpc) is 2.27. The predicted molar refractivity (Wildman–Crippen MR) is 58.2 cm³/mol. The van der Waals surface area contributed by atoms with Gasteiger partial charge in [-0.2, -0.15) is 0 Å². The van der Waals surface area contributed by atoms with Crippen LogP contribution in [0.5, 0.6) is 5.75 Å². The van der Waals surface area contributed by atoms with Crippen molar-refractivity contribution in [3.05, 3.63) is 42.0 Å². The van der Waals surface area contributed by atoms with Crippen molar-refractivity contribution in [1.29, 1.82) is 0 Å². The highest BCUT2D eigenvalue weighted by Gasteiger charge is 2.15. The van der Waals surface area contributed by atoms with Gasteiger partial charge >= 0.3 is 5.97 Å². The van der Waals surface area contributed by atoms with Crippen molar-refractivity contribution in [2.75, 3.05) is 7.11 Å². The van der Waals surface area contributed by atoms with Gasteiger partial charge < -0.3 is 9.84 Å². The molecule has 0 saturated carbocycles. The summed E-state index contributed by atoms with van der Waals surface area (Å²) in [6.07, 6.45) is 0. The molecule has 3 nitrogen and oxygen atoms in total. The first kappa shape index (κ1) is 11.3. The molecule has 0 radical (unpaired) electrons. The molecule has 0 saturated heterocycles. The third-order valence-corrected chi connectivity index (χ3v) is 2.41. The highest BCUT2D eigenvalue weighted by molar-refractivity contribution is 5.87. The van der Waals surface area contributed by atoms with Crippen molar-refractivity contribution in [2.24, 2.45) is 0 Å². The summed E-state index contributed by atoms with van der Waals surface area (Å²) in [6.45, 7) is 5.36. The summed E-state index contributed by atoms with van der Waals surface area (Å²) in [7, 11) is 1.59. The number of methoxy groups -OCH3 is 1. The highest BCUT2D eigenvalue weighted by Crippen LogP contribution is 2.24. The van der Waals surface area contributed by atoms with Gasteiger partial charge in [0, 0.05) is 11.5 Å². The second-order valence-electron chi connectivity index (χ2n) is 3.33. The third-order valence-electron chi connectivity index (χ3n) is 2.41. The van der Waals surface area contributed by atoms with Gasteiger partial charge in [-0.3, -0.25) is 0 Å². The second-order valence-corrected chi connectivity index (χ2v) is 3.33. The van der Waals surface area contributed by atoms with E-state index < -0.39 is 5.97 Å². The van der Waals surface area contributed by atoms with Gasteiger partial charge in [-0.15, -0.1) is 0 Å². The molecule has 0 aliphatic rings. The number of benzene rings is 1. The van der Waals surface area contributed by atoms with Gasteiger partial charge in [-0.25, -0.2) is 4.79 Å². The Morgan fingerprint density at radius 2 is 1.93 bits per heavy atom. The number of carboxylic acid groups (broad SMARTS) is 1. The number of hydrogen-bond donors (Lipinski definition) is 1. The Balaban J connectivity index is 2.87. The van der Waals surface area contributed by atoms with Crippen molar-refractivity contribution < 1.29 is 14.6 Å². The van der Waals surface area contributed by atoms with Crippen LogP contribution in [0.25, 0.3) is 0 Å².